The molecule has 0 saturated carbocycles. The molecule has 18 heavy (non-hydrogen) atoms. The summed E-state index contributed by atoms with van der Waals surface area (Å²) in [5.74, 6) is 0. The minimum Gasteiger partial charge on any atom is -0.309 e. The molecule has 106 valence electrons. The van der Waals surface area contributed by atoms with Gasteiger partial charge in [-0.3, -0.25) is 4.90 Å². The Labute approximate surface area is 113 Å². The van der Waals surface area contributed by atoms with E-state index >= 15 is 0 Å². The van der Waals surface area contributed by atoms with Crippen LogP contribution in [0.2, 0.25) is 0 Å². The van der Waals surface area contributed by atoms with Gasteiger partial charge in [0.05, 0.1) is 0 Å². The van der Waals surface area contributed by atoms with Crippen molar-refractivity contribution >= 4 is 0 Å². The van der Waals surface area contributed by atoms with Crippen molar-refractivity contribution < 1.29 is 0 Å². The van der Waals surface area contributed by atoms with Gasteiger partial charge in [-0.25, -0.2) is 0 Å². The van der Waals surface area contributed by atoms with Crippen LogP contribution in [0, 0.1) is 0 Å². The van der Waals surface area contributed by atoms with Gasteiger partial charge >= 0.3 is 0 Å². The highest BCUT2D eigenvalue weighted by Crippen LogP contribution is 2.25. The smallest absolute Gasteiger partial charge is 0.0278 e. The highest BCUT2D eigenvalue weighted by atomic mass is 15.3. The Kier molecular flexibility index (Phi) is 4.68. The monoisotopic (exact) mass is 253 g/mol. The third-order valence-electron chi connectivity index (χ3n) is 5.10. The number of nitrogens with zero attached hydrogens (tertiary/aromatic N) is 2. The van der Waals surface area contributed by atoms with Gasteiger partial charge in [-0.2, -0.15) is 0 Å². The standard InChI is InChI=1S/C15H31N3/c1-5-15(4)12-18(13(3)10-16-15)14-8-7-9-17(6-2)11-14/h13-14,16H,5-12H2,1-4H3. The Balaban J connectivity index is 2.01. The van der Waals surface area contributed by atoms with Gasteiger partial charge in [0.25, 0.3) is 0 Å². The van der Waals surface area contributed by atoms with Gasteiger partial charge in [-0.05, 0) is 46.2 Å². The van der Waals surface area contributed by atoms with Crippen LogP contribution in [0.3, 0.4) is 0 Å². The first kappa shape index (κ1) is 14.3. The van der Waals surface area contributed by atoms with Crippen LogP contribution in [0.15, 0.2) is 0 Å². The Morgan fingerprint density at radius 2 is 2.11 bits per heavy atom. The summed E-state index contributed by atoms with van der Waals surface area (Å²) in [7, 11) is 0. The molecule has 0 bridgehead atoms. The van der Waals surface area contributed by atoms with Gasteiger partial charge in [-0.15, -0.1) is 0 Å². The number of piperidine rings is 1. The van der Waals surface area contributed by atoms with Crippen molar-refractivity contribution in [2.45, 2.75) is 64.6 Å². The number of likely N-dealkylation sites (N-methyl/N-ethyl adjacent to an activating group) is 1. The lowest BCUT2D eigenvalue weighted by molar-refractivity contribution is 0.0192. The van der Waals surface area contributed by atoms with E-state index in [-0.39, 0.29) is 0 Å². The van der Waals surface area contributed by atoms with Gasteiger partial charge in [-0.1, -0.05) is 13.8 Å². The summed E-state index contributed by atoms with van der Waals surface area (Å²) in [6, 6.07) is 1.47. The Morgan fingerprint density at radius 1 is 1.33 bits per heavy atom. The van der Waals surface area contributed by atoms with Crippen LogP contribution in [0.1, 0.15) is 47.0 Å². The van der Waals surface area contributed by atoms with Crippen LogP contribution in [0.4, 0.5) is 0 Å². The molecule has 0 aromatic rings. The van der Waals surface area contributed by atoms with E-state index in [9.17, 15) is 0 Å². The van der Waals surface area contributed by atoms with Crippen molar-refractivity contribution in [3.63, 3.8) is 0 Å². The van der Waals surface area contributed by atoms with Crippen molar-refractivity contribution in [3.8, 4) is 0 Å². The summed E-state index contributed by atoms with van der Waals surface area (Å²) in [6.07, 6.45) is 3.99. The third kappa shape index (κ3) is 3.06. The van der Waals surface area contributed by atoms with Crippen molar-refractivity contribution in [2.75, 3.05) is 32.7 Å². The minimum absolute atomic E-state index is 0.320. The SMILES string of the molecule is CCN1CCCC(N2CC(C)(CC)NCC2C)C1. The van der Waals surface area contributed by atoms with E-state index in [0.29, 0.717) is 11.6 Å². The van der Waals surface area contributed by atoms with Crippen molar-refractivity contribution in [1.29, 1.82) is 0 Å². The fourth-order valence-electron chi connectivity index (χ4n) is 3.44. The van der Waals surface area contributed by atoms with Gasteiger partial charge < -0.3 is 10.2 Å². The molecule has 0 spiro atoms. The lowest BCUT2D eigenvalue weighted by Gasteiger charge is -2.50. The molecule has 1 N–H and O–H groups in total. The summed E-state index contributed by atoms with van der Waals surface area (Å²) < 4.78 is 0. The van der Waals surface area contributed by atoms with E-state index in [1.807, 2.05) is 0 Å². The highest BCUT2D eigenvalue weighted by molar-refractivity contribution is 4.96. The summed E-state index contributed by atoms with van der Waals surface area (Å²) in [6.45, 7) is 15.5. The van der Waals surface area contributed by atoms with Crippen molar-refractivity contribution in [3.05, 3.63) is 0 Å². The molecule has 2 aliphatic rings. The largest absolute Gasteiger partial charge is 0.309 e. The maximum absolute atomic E-state index is 3.73. The first-order valence-corrected chi connectivity index (χ1v) is 7.81. The average molecular weight is 253 g/mol. The molecule has 3 nitrogen and oxygen atoms in total. The topological polar surface area (TPSA) is 18.5 Å². The normalized spacial score (nSPS) is 40.0. The van der Waals surface area contributed by atoms with Crippen LogP contribution in [0.5, 0.6) is 0 Å². The Hall–Kier alpha value is -0.120. The number of rotatable bonds is 3. The van der Waals surface area contributed by atoms with E-state index in [1.54, 1.807) is 0 Å². The van der Waals surface area contributed by atoms with Crippen LogP contribution < -0.4 is 5.32 Å². The van der Waals surface area contributed by atoms with Gasteiger partial charge in [0, 0.05) is 37.3 Å². The summed E-state index contributed by atoms with van der Waals surface area (Å²) in [4.78, 5) is 5.40. The fourth-order valence-corrected chi connectivity index (χ4v) is 3.44. The number of hydrogen-bond donors (Lipinski definition) is 1. The Bertz CT molecular complexity index is 268. The molecule has 2 aliphatic heterocycles. The molecule has 0 radical (unpaired) electrons. The third-order valence-corrected chi connectivity index (χ3v) is 5.10. The molecule has 2 rings (SSSR count). The average Bonchev–Trinajstić information content (AvgIpc) is 2.42. The molecule has 0 aromatic carbocycles. The van der Waals surface area contributed by atoms with E-state index in [1.165, 1.54) is 45.4 Å². The summed E-state index contributed by atoms with van der Waals surface area (Å²) >= 11 is 0. The predicted octanol–water partition coefficient (Wildman–Crippen LogP) is 1.93. The number of hydrogen-bond acceptors (Lipinski definition) is 3. The number of likely N-dealkylation sites (tertiary alicyclic amines) is 1. The quantitative estimate of drug-likeness (QED) is 0.829. The van der Waals surface area contributed by atoms with E-state index < -0.39 is 0 Å². The molecule has 3 heteroatoms. The molecular weight excluding hydrogens is 222 g/mol. The second-order valence-electron chi connectivity index (χ2n) is 6.51. The first-order valence-electron chi connectivity index (χ1n) is 7.81. The molecule has 3 atom stereocenters. The van der Waals surface area contributed by atoms with E-state index in [0.717, 1.165) is 12.6 Å². The van der Waals surface area contributed by atoms with Gasteiger partial charge in [0.1, 0.15) is 0 Å². The van der Waals surface area contributed by atoms with Crippen molar-refractivity contribution in [2.24, 2.45) is 0 Å². The number of piperazine rings is 1. The minimum atomic E-state index is 0.320. The van der Waals surface area contributed by atoms with Gasteiger partial charge in [0.15, 0.2) is 0 Å². The second-order valence-corrected chi connectivity index (χ2v) is 6.51. The summed E-state index contributed by atoms with van der Waals surface area (Å²) in [5, 5.41) is 3.73. The molecule has 2 fully saturated rings. The molecule has 3 unspecified atom stereocenters. The van der Waals surface area contributed by atoms with Crippen LogP contribution >= 0.6 is 0 Å². The molecule has 0 amide bonds. The van der Waals surface area contributed by atoms with Crippen LogP contribution in [0.25, 0.3) is 0 Å². The van der Waals surface area contributed by atoms with E-state index in [2.05, 4.69) is 42.8 Å². The summed E-state index contributed by atoms with van der Waals surface area (Å²) in [5.41, 5.74) is 0.320. The lowest BCUT2D eigenvalue weighted by Crippen LogP contribution is -2.65. The van der Waals surface area contributed by atoms with E-state index in [4.69, 9.17) is 0 Å². The van der Waals surface area contributed by atoms with Crippen LogP contribution in [-0.2, 0) is 0 Å². The van der Waals surface area contributed by atoms with Crippen molar-refractivity contribution in [1.82, 2.24) is 15.1 Å². The second kappa shape index (κ2) is 5.89. The maximum Gasteiger partial charge on any atom is 0.0278 e. The molecule has 0 aromatic heterocycles. The zero-order valence-corrected chi connectivity index (χ0v) is 12.7. The molecule has 2 heterocycles. The predicted molar refractivity (Wildman–Crippen MR) is 78.0 cm³/mol. The number of nitrogens with one attached hydrogen (secondary N) is 1. The first-order chi connectivity index (χ1) is 8.58. The molecular formula is C15H31N3. The lowest BCUT2D eigenvalue weighted by atomic mass is 9.91. The molecule has 0 aliphatic carbocycles. The Morgan fingerprint density at radius 3 is 2.78 bits per heavy atom. The van der Waals surface area contributed by atoms with Crippen LogP contribution in [-0.4, -0.2) is 60.1 Å². The fraction of sp³-hybridized carbons (Fsp3) is 1.00. The highest BCUT2D eigenvalue weighted by Gasteiger charge is 2.37. The molecule has 2 saturated heterocycles. The van der Waals surface area contributed by atoms with Gasteiger partial charge in [0.2, 0.25) is 0 Å². The zero-order chi connectivity index (χ0) is 13.2. The zero-order valence-electron chi connectivity index (χ0n) is 12.7. The maximum atomic E-state index is 3.73.